The lowest BCUT2D eigenvalue weighted by atomic mass is 10.3. The molecule has 1 heterocycles. The first-order valence-corrected chi connectivity index (χ1v) is 2.74. The Hall–Kier alpha value is -1.58. The Morgan fingerprint density at radius 2 is 2.70 bits per heavy atom. The van der Waals surface area contributed by atoms with Crippen molar-refractivity contribution >= 4 is 12.1 Å². The number of carbonyl (C=O) groups excluding carboxylic acids is 1. The molecule has 0 aliphatic carbocycles. The highest BCUT2D eigenvalue weighted by atomic mass is 16.1. The highest BCUT2D eigenvalue weighted by Crippen LogP contribution is 2.01. The molecular weight excluding hydrogens is 130 g/mol. The number of aromatic amines is 1. The van der Waals surface area contributed by atoms with Crippen molar-refractivity contribution in [3.63, 3.8) is 0 Å². The van der Waals surface area contributed by atoms with Gasteiger partial charge in [-0.25, -0.2) is 0 Å². The predicted molar refractivity (Wildman–Crippen MR) is 36.8 cm³/mol. The van der Waals surface area contributed by atoms with Crippen molar-refractivity contribution in [3.05, 3.63) is 24.5 Å². The molecule has 0 aromatic carbocycles. The zero-order valence-electron chi connectivity index (χ0n) is 5.29. The van der Waals surface area contributed by atoms with Crippen LogP contribution in [0.25, 0.3) is 5.70 Å². The SMILES string of the molecule is C=C(NC=O)c1cc[nH]n1. The molecule has 1 amide bonds. The van der Waals surface area contributed by atoms with Gasteiger partial charge in [0.1, 0.15) is 5.69 Å². The van der Waals surface area contributed by atoms with E-state index in [9.17, 15) is 4.79 Å². The smallest absolute Gasteiger partial charge is 0.211 e. The number of H-pyrrole nitrogens is 1. The van der Waals surface area contributed by atoms with Crippen LogP contribution in [0, 0.1) is 0 Å². The van der Waals surface area contributed by atoms with Gasteiger partial charge in [-0.1, -0.05) is 6.58 Å². The molecule has 0 fully saturated rings. The number of aromatic nitrogens is 2. The summed E-state index contributed by atoms with van der Waals surface area (Å²) in [5, 5.41) is 8.78. The molecule has 0 unspecified atom stereocenters. The van der Waals surface area contributed by atoms with Crippen LogP contribution in [0.5, 0.6) is 0 Å². The zero-order valence-corrected chi connectivity index (χ0v) is 5.29. The first-order chi connectivity index (χ1) is 4.84. The normalized spacial score (nSPS) is 8.80. The zero-order chi connectivity index (χ0) is 7.40. The maximum atomic E-state index is 9.90. The molecule has 0 atom stereocenters. The van der Waals surface area contributed by atoms with Crippen LogP contribution < -0.4 is 5.32 Å². The van der Waals surface area contributed by atoms with E-state index in [2.05, 4.69) is 22.1 Å². The molecular formula is C6H7N3O. The van der Waals surface area contributed by atoms with Crippen molar-refractivity contribution in [2.75, 3.05) is 0 Å². The van der Waals surface area contributed by atoms with Crippen molar-refractivity contribution in [3.8, 4) is 0 Å². The highest BCUT2D eigenvalue weighted by Gasteiger charge is 1.96. The van der Waals surface area contributed by atoms with Gasteiger partial charge in [0.05, 0.1) is 5.70 Å². The third-order valence-corrected chi connectivity index (χ3v) is 1.04. The summed E-state index contributed by atoms with van der Waals surface area (Å²) in [6.07, 6.45) is 2.23. The van der Waals surface area contributed by atoms with E-state index in [1.54, 1.807) is 12.3 Å². The lowest BCUT2D eigenvalue weighted by Crippen LogP contribution is -2.07. The van der Waals surface area contributed by atoms with E-state index in [1.165, 1.54) is 0 Å². The van der Waals surface area contributed by atoms with Crippen molar-refractivity contribution in [2.45, 2.75) is 0 Å². The number of hydrogen-bond acceptors (Lipinski definition) is 2. The Balaban J connectivity index is 2.68. The van der Waals surface area contributed by atoms with Crippen molar-refractivity contribution < 1.29 is 4.79 Å². The van der Waals surface area contributed by atoms with Crippen molar-refractivity contribution in [2.24, 2.45) is 0 Å². The van der Waals surface area contributed by atoms with Gasteiger partial charge >= 0.3 is 0 Å². The molecule has 1 aromatic rings. The summed E-state index contributed by atoms with van der Waals surface area (Å²) in [5.41, 5.74) is 1.14. The molecule has 4 nitrogen and oxygen atoms in total. The van der Waals surface area contributed by atoms with E-state index < -0.39 is 0 Å². The van der Waals surface area contributed by atoms with Gasteiger partial charge in [0.2, 0.25) is 6.41 Å². The van der Waals surface area contributed by atoms with E-state index in [0.29, 0.717) is 17.8 Å². The summed E-state index contributed by atoms with van der Waals surface area (Å²) >= 11 is 0. The monoisotopic (exact) mass is 137 g/mol. The van der Waals surface area contributed by atoms with E-state index in [0.717, 1.165) is 0 Å². The summed E-state index contributed by atoms with van der Waals surface area (Å²) < 4.78 is 0. The number of nitrogens with zero attached hydrogens (tertiary/aromatic N) is 1. The van der Waals surface area contributed by atoms with Crippen LogP contribution in [0.15, 0.2) is 18.8 Å². The van der Waals surface area contributed by atoms with Gasteiger partial charge in [0, 0.05) is 6.20 Å². The molecule has 1 aromatic heterocycles. The van der Waals surface area contributed by atoms with Crippen molar-refractivity contribution in [1.29, 1.82) is 0 Å². The van der Waals surface area contributed by atoms with E-state index >= 15 is 0 Å². The van der Waals surface area contributed by atoms with Crippen LogP contribution in [0.3, 0.4) is 0 Å². The lowest BCUT2D eigenvalue weighted by Gasteiger charge is -1.95. The third kappa shape index (κ3) is 1.22. The van der Waals surface area contributed by atoms with Gasteiger partial charge in [-0.2, -0.15) is 5.10 Å². The summed E-state index contributed by atoms with van der Waals surface area (Å²) in [5.74, 6) is 0. The fourth-order valence-electron chi connectivity index (χ4n) is 0.573. The van der Waals surface area contributed by atoms with Crippen LogP contribution in [-0.4, -0.2) is 16.6 Å². The number of amides is 1. The van der Waals surface area contributed by atoms with Gasteiger partial charge in [-0.05, 0) is 6.07 Å². The van der Waals surface area contributed by atoms with Crippen molar-refractivity contribution in [1.82, 2.24) is 15.5 Å². The first-order valence-electron chi connectivity index (χ1n) is 2.74. The van der Waals surface area contributed by atoms with Gasteiger partial charge in [-0.3, -0.25) is 9.89 Å². The summed E-state index contributed by atoms with van der Waals surface area (Å²) in [6.45, 7) is 3.56. The second-order valence-electron chi connectivity index (χ2n) is 1.70. The minimum Gasteiger partial charge on any atom is -0.327 e. The molecule has 0 radical (unpaired) electrons. The minimum atomic E-state index is 0.497. The molecule has 1 rings (SSSR count). The first kappa shape index (κ1) is 6.54. The van der Waals surface area contributed by atoms with E-state index in [1.807, 2.05) is 0 Å². The Morgan fingerprint density at radius 1 is 1.90 bits per heavy atom. The summed E-state index contributed by atoms with van der Waals surface area (Å²) in [7, 11) is 0. The van der Waals surface area contributed by atoms with Crippen LogP contribution in [0.4, 0.5) is 0 Å². The molecule has 0 saturated carbocycles. The number of hydrogen-bond donors (Lipinski definition) is 2. The molecule has 0 aliphatic rings. The van der Waals surface area contributed by atoms with Gasteiger partial charge < -0.3 is 5.32 Å². The van der Waals surface area contributed by atoms with E-state index in [4.69, 9.17) is 0 Å². The van der Waals surface area contributed by atoms with Crippen LogP contribution in [-0.2, 0) is 4.79 Å². The Labute approximate surface area is 57.9 Å². The molecule has 0 saturated heterocycles. The van der Waals surface area contributed by atoms with Gasteiger partial charge in [0.15, 0.2) is 0 Å². The maximum Gasteiger partial charge on any atom is 0.211 e. The molecule has 0 bridgehead atoms. The van der Waals surface area contributed by atoms with Gasteiger partial charge in [0.25, 0.3) is 0 Å². The average molecular weight is 137 g/mol. The maximum absolute atomic E-state index is 9.90. The summed E-state index contributed by atoms with van der Waals surface area (Å²) in [6, 6.07) is 1.72. The lowest BCUT2D eigenvalue weighted by molar-refractivity contribution is -0.108. The molecule has 0 aliphatic heterocycles. The van der Waals surface area contributed by atoms with Crippen LogP contribution in [0.2, 0.25) is 0 Å². The number of nitrogens with one attached hydrogen (secondary N) is 2. The van der Waals surface area contributed by atoms with Gasteiger partial charge in [-0.15, -0.1) is 0 Å². The number of carbonyl (C=O) groups is 1. The molecule has 0 spiro atoms. The largest absolute Gasteiger partial charge is 0.327 e. The van der Waals surface area contributed by atoms with E-state index in [-0.39, 0.29) is 0 Å². The molecule has 2 N–H and O–H groups in total. The number of rotatable bonds is 3. The quantitative estimate of drug-likeness (QED) is 0.581. The molecule has 4 heteroatoms. The second kappa shape index (κ2) is 2.82. The van der Waals surface area contributed by atoms with Crippen LogP contribution >= 0.6 is 0 Å². The molecule has 52 valence electrons. The Bertz CT molecular complexity index is 227. The minimum absolute atomic E-state index is 0.497. The Kier molecular flexibility index (Phi) is 1.84. The average Bonchev–Trinajstić information content (AvgIpc) is 2.38. The standard InChI is InChI=1S/C6H7N3O/c1-5(7-4-10)6-2-3-8-9-6/h2-4H,1H2,(H,7,10)(H,8,9). The topological polar surface area (TPSA) is 57.8 Å². The van der Waals surface area contributed by atoms with Crippen LogP contribution in [0.1, 0.15) is 5.69 Å². The fourth-order valence-corrected chi connectivity index (χ4v) is 0.573. The Morgan fingerprint density at radius 3 is 3.20 bits per heavy atom. The highest BCUT2D eigenvalue weighted by molar-refractivity contribution is 5.69. The predicted octanol–water partition coefficient (Wildman–Crippen LogP) is 0.126. The third-order valence-electron chi connectivity index (χ3n) is 1.04. The molecule has 10 heavy (non-hydrogen) atoms. The summed E-state index contributed by atoms with van der Waals surface area (Å²) in [4.78, 5) is 9.90. The second-order valence-corrected chi connectivity index (χ2v) is 1.70. The fraction of sp³-hybridized carbons (Fsp3) is 0.